The lowest BCUT2D eigenvalue weighted by atomic mass is 10.1. The number of hydrogen-bond donors (Lipinski definition) is 0. The number of nitrogens with zero attached hydrogens (tertiary/aromatic N) is 2. The van der Waals surface area contributed by atoms with Crippen molar-refractivity contribution < 1.29 is 13.5 Å². The van der Waals surface area contributed by atoms with Crippen molar-refractivity contribution in [3.63, 3.8) is 0 Å². The Hall–Kier alpha value is -2.60. The van der Waals surface area contributed by atoms with Gasteiger partial charge in [0, 0.05) is 17.0 Å². The van der Waals surface area contributed by atoms with Gasteiger partial charge in [0.15, 0.2) is 5.16 Å². The number of rotatable bonds is 7. The van der Waals surface area contributed by atoms with E-state index in [1.165, 1.54) is 12.1 Å². The summed E-state index contributed by atoms with van der Waals surface area (Å²) in [5.41, 5.74) is 2.77. The third kappa shape index (κ3) is 4.09. The van der Waals surface area contributed by atoms with Crippen molar-refractivity contribution in [2.24, 2.45) is 0 Å². The van der Waals surface area contributed by atoms with Gasteiger partial charge in [-0.3, -0.25) is 4.57 Å². The predicted octanol–water partition coefficient (Wildman–Crippen LogP) is 5.42. The topological polar surface area (TPSA) is 27.1 Å². The Morgan fingerprint density at radius 1 is 1.12 bits per heavy atom. The molecule has 0 aliphatic carbocycles. The molecule has 3 rings (SSSR count). The van der Waals surface area contributed by atoms with E-state index in [-0.39, 0.29) is 5.75 Å². The van der Waals surface area contributed by atoms with Crippen LogP contribution in [0.3, 0.4) is 0 Å². The second kappa shape index (κ2) is 7.98. The Morgan fingerprint density at radius 2 is 1.84 bits per heavy atom. The summed E-state index contributed by atoms with van der Waals surface area (Å²) in [6.07, 6.45) is 3.62. The molecule has 0 unspecified atom stereocenters. The van der Waals surface area contributed by atoms with Crippen LogP contribution in [0, 0.1) is 0 Å². The standard InChI is InChI=1S/C19H16F2N2OS/c1-2-12-25-19-22-13-17(14-6-4-3-5-7-14)23(19)15-8-10-16(11-9-15)24-18(20)21/h2-11,13,18H,1,12H2. The van der Waals surface area contributed by atoms with Crippen LogP contribution in [0.2, 0.25) is 0 Å². The van der Waals surface area contributed by atoms with Crippen molar-refractivity contribution in [3.05, 3.63) is 73.4 Å². The number of halogens is 2. The number of alkyl halides is 2. The first-order valence-corrected chi connectivity index (χ1v) is 8.59. The molecule has 0 amide bonds. The second-order valence-electron chi connectivity index (χ2n) is 5.10. The molecule has 0 bridgehead atoms. The average Bonchev–Trinajstić information content (AvgIpc) is 3.05. The zero-order valence-electron chi connectivity index (χ0n) is 13.3. The highest BCUT2D eigenvalue weighted by atomic mass is 32.2. The number of ether oxygens (including phenoxy) is 1. The number of hydrogen-bond acceptors (Lipinski definition) is 3. The van der Waals surface area contributed by atoms with Crippen molar-refractivity contribution in [1.82, 2.24) is 9.55 Å². The van der Waals surface area contributed by atoms with Crippen molar-refractivity contribution in [2.75, 3.05) is 5.75 Å². The first kappa shape index (κ1) is 17.2. The minimum Gasteiger partial charge on any atom is -0.435 e. The van der Waals surface area contributed by atoms with Crippen LogP contribution in [-0.4, -0.2) is 21.9 Å². The third-order valence-electron chi connectivity index (χ3n) is 3.45. The molecule has 0 radical (unpaired) electrons. The molecule has 0 saturated carbocycles. The van der Waals surface area contributed by atoms with Gasteiger partial charge in [-0.1, -0.05) is 48.2 Å². The fraction of sp³-hybridized carbons (Fsp3) is 0.105. The van der Waals surface area contributed by atoms with Gasteiger partial charge in [0.2, 0.25) is 0 Å². The highest BCUT2D eigenvalue weighted by molar-refractivity contribution is 7.99. The van der Waals surface area contributed by atoms with E-state index in [0.717, 1.165) is 27.9 Å². The molecule has 1 aromatic heterocycles. The molecule has 128 valence electrons. The first-order valence-electron chi connectivity index (χ1n) is 7.61. The molecule has 2 aromatic carbocycles. The first-order chi connectivity index (χ1) is 12.2. The average molecular weight is 358 g/mol. The van der Waals surface area contributed by atoms with E-state index in [4.69, 9.17) is 0 Å². The number of benzene rings is 2. The normalized spacial score (nSPS) is 10.8. The zero-order chi connectivity index (χ0) is 17.6. The maximum absolute atomic E-state index is 12.3. The molecule has 6 heteroatoms. The molecule has 0 N–H and O–H groups in total. The summed E-state index contributed by atoms with van der Waals surface area (Å²) in [4.78, 5) is 4.50. The summed E-state index contributed by atoms with van der Waals surface area (Å²) in [7, 11) is 0. The molecule has 0 aliphatic heterocycles. The van der Waals surface area contributed by atoms with Crippen molar-refractivity contribution in [1.29, 1.82) is 0 Å². The quantitative estimate of drug-likeness (QED) is 0.417. The molecule has 3 nitrogen and oxygen atoms in total. The SMILES string of the molecule is C=CCSc1ncc(-c2ccccc2)n1-c1ccc(OC(F)F)cc1. The van der Waals surface area contributed by atoms with Gasteiger partial charge in [-0.15, -0.1) is 6.58 Å². The molecule has 25 heavy (non-hydrogen) atoms. The monoisotopic (exact) mass is 358 g/mol. The Labute approximate surface area is 149 Å². The lowest BCUT2D eigenvalue weighted by molar-refractivity contribution is -0.0498. The fourth-order valence-electron chi connectivity index (χ4n) is 2.41. The highest BCUT2D eigenvalue weighted by Crippen LogP contribution is 2.30. The van der Waals surface area contributed by atoms with Gasteiger partial charge >= 0.3 is 6.61 Å². The summed E-state index contributed by atoms with van der Waals surface area (Å²) >= 11 is 1.55. The van der Waals surface area contributed by atoms with Gasteiger partial charge in [0.05, 0.1) is 11.9 Å². The van der Waals surface area contributed by atoms with Crippen LogP contribution >= 0.6 is 11.8 Å². The number of aromatic nitrogens is 2. The smallest absolute Gasteiger partial charge is 0.387 e. The highest BCUT2D eigenvalue weighted by Gasteiger charge is 2.14. The Morgan fingerprint density at radius 3 is 2.48 bits per heavy atom. The van der Waals surface area contributed by atoms with Crippen LogP contribution in [0.25, 0.3) is 16.9 Å². The van der Waals surface area contributed by atoms with Gasteiger partial charge < -0.3 is 4.74 Å². The predicted molar refractivity (Wildman–Crippen MR) is 96.6 cm³/mol. The molecular formula is C19H16F2N2OS. The third-order valence-corrected chi connectivity index (χ3v) is 4.40. The summed E-state index contributed by atoms with van der Waals surface area (Å²) < 4.78 is 31.1. The molecular weight excluding hydrogens is 342 g/mol. The molecule has 0 saturated heterocycles. The van der Waals surface area contributed by atoms with Gasteiger partial charge in [-0.2, -0.15) is 8.78 Å². The second-order valence-corrected chi connectivity index (χ2v) is 6.09. The minimum absolute atomic E-state index is 0.125. The van der Waals surface area contributed by atoms with Crippen molar-refractivity contribution in [3.8, 4) is 22.7 Å². The Balaban J connectivity index is 2.02. The van der Waals surface area contributed by atoms with E-state index < -0.39 is 6.61 Å². The lowest BCUT2D eigenvalue weighted by Crippen LogP contribution is -2.03. The Kier molecular flexibility index (Phi) is 5.50. The molecule has 0 spiro atoms. The maximum Gasteiger partial charge on any atom is 0.387 e. The van der Waals surface area contributed by atoms with Crippen LogP contribution in [-0.2, 0) is 0 Å². The van der Waals surface area contributed by atoms with Crippen molar-refractivity contribution in [2.45, 2.75) is 11.8 Å². The number of imidazole rings is 1. The zero-order valence-corrected chi connectivity index (χ0v) is 14.1. The van der Waals surface area contributed by atoms with Gasteiger partial charge in [-0.05, 0) is 24.3 Å². The van der Waals surface area contributed by atoms with Gasteiger partial charge in [-0.25, -0.2) is 4.98 Å². The lowest BCUT2D eigenvalue weighted by Gasteiger charge is -2.13. The minimum atomic E-state index is -2.84. The largest absolute Gasteiger partial charge is 0.435 e. The van der Waals surface area contributed by atoms with E-state index in [1.807, 2.05) is 47.2 Å². The molecule has 0 fully saturated rings. The molecule has 3 aromatic rings. The summed E-state index contributed by atoms with van der Waals surface area (Å²) in [6, 6.07) is 16.4. The van der Waals surface area contributed by atoms with Crippen LogP contribution in [0.4, 0.5) is 8.78 Å². The Bertz CT molecular complexity index is 832. The van der Waals surface area contributed by atoms with E-state index in [9.17, 15) is 8.78 Å². The summed E-state index contributed by atoms with van der Waals surface area (Å²) in [5, 5.41) is 0.807. The van der Waals surface area contributed by atoms with Crippen LogP contribution in [0.5, 0.6) is 5.75 Å². The van der Waals surface area contributed by atoms with Crippen molar-refractivity contribution >= 4 is 11.8 Å². The van der Waals surface area contributed by atoms with Crippen LogP contribution in [0.1, 0.15) is 0 Å². The van der Waals surface area contributed by atoms with E-state index in [0.29, 0.717) is 0 Å². The van der Waals surface area contributed by atoms with E-state index in [2.05, 4.69) is 16.3 Å². The number of thioether (sulfide) groups is 1. The maximum atomic E-state index is 12.3. The van der Waals surface area contributed by atoms with Gasteiger partial charge in [0.1, 0.15) is 5.75 Å². The summed E-state index contributed by atoms with van der Waals surface area (Å²) in [6.45, 7) is 0.901. The van der Waals surface area contributed by atoms with Gasteiger partial charge in [0.25, 0.3) is 0 Å². The van der Waals surface area contributed by atoms with Crippen LogP contribution in [0.15, 0.2) is 78.6 Å². The fourth-order valence-corrected chi connectivity index (χ4v) is 3.14. The molecule has 0 aliphatic rings. The van der Waals surface area contributed by atoms with E-state index >= 15 is 0 Å². The van der Waals surface area contributed by atoms with E-state index in [1.54, 1.807) is 23.9 Å². The summed E-state index contributed by atoms with van der Waals surface area (Å²) in [5.74, 6) is 0.845. The molecule has 0 atom stereocenters. The molecule has 1 heterocycles. The van der Waals surface area contributed by atoms with Crippen LogP contribution < -0.4 is 4.74 Å².